The van der Waals surface area contributed by atoms with E-state index in [1.54, 1.807) is 0 Å². The van der Waals surface area contributed by atoms with Gasteiger partial charge in [-0.2, -0.15) is 0 Å². The summed E-state index contributed by atoms with van der Waals surface area (Å²) in [7, 11) is -9.92. The van der Waals surface area contributed by atoms with Crippen molar-refractivity contribution in [2.75, 3.05) is 39.6 Å². The SMILES string of the molecule is CCC(C)CCCCCCCCCCCCCCCCCCCCC(=O)O[C@H](COC(=O)CCCCCCCCCCCCCCCCCC(C)C)COP(=O)(O)OC[C@@H](O)COP(=O)(O)OC[C@@H](COC(=O)CCCCCCCCC(C)C)OC(=O)CCCCCCCCCCCC(C)C. The second-order valence-electron chi connectivity index (χ2n) is 31.2. The van der Waals surface area contributed by atoms with Gasteiger partial charge in [-0.05, 0) is 49.4 Å². The van der Waals surface area contributed by atoms with Crippen molar-refractivity contribution in [3.05, 3.63) is 0 Å². The first-order chi connectivity index (χ1) is 48.6. The summed E-state index contributed by atoms with van der Waals surface area (Å²) in [6, 6.07) is 0. The number of aliphatic hydroxyl groups excluding tert-OH is 1. The van der Waals surface area contributed by atoms with Crippen molar-refractivity contribution in [2.24, 2.45) is 23.7 Å². The van der Waals surface area contributed by atoms with Gasteiger partial charge in [0.1, 0.15) is 19.3 Å². The van der Waals surface area contributed by atoms with Gasteiger partial charge in [-0.15, -0.1) is 0 Å². The van der Waals surface area contributed by atoms with Crippen LogP contribution < -0.4 is 0 Å². The molecular formula is C82H160O17P2. The number of ether oxygens (including phenoxy) is 4. The zero-order valence-corrected chi connectivity index (χ0v) is 68.3. The molecule has 0 heterocycles. The highest BCUT2D eigenvalue weighted by Crippen LogP contribution is 2.45. The number of aliphatic hydroxyl groups is 1. The van der Waals surface area contributed by atoms with Crippen LogP contribution in [0.2, 0.25) is 0 Å². The first-order valence-corrected chi connectivity index (χ1v) is 45.2. The average Bonchev–Trinajstić information content (AvgIpc) is 0.925. The number of hydrogen-bond acceptors (Lipinski definition) is 15. The largest absolute Gasteiger partial charge is 0.472 e. The molecule has 19 heteroatoms. The standard InChI is InChI=1S/C82H160O17P2/c1-9-75(8)61-53-45-36-30-24-20-16-12-10-11-13-17-22-26-32-38-48-56-64-81(86)98-77(68-92-79(84)62-54-46-37-31-25-21-18-14-15-19-23-28-34-42-50-58-72(2)3)70-96-100(88,89)94-66-76(83)67-95-101(90,91)97-71-78(69-93-80(85)63-55-47-41-40-44-52-60-74(6)7)99-82(87)65-57-49-39-33-27-29-35-43-51-59-73(4)5/h72-78,83H,9-71H2,1-8H3,(H,88,89)(H,90,91)/t75?,76-,77-,78-/m1/s1. The molecule has 0 aromatic rings. The Hall–Kier alpha value is -1.94. The fraction of sp³-hybridized carbons (Fsp3) is 0.951. The highest BCUT2D eigenvalue weighted by molar-refractivity contribution is 7.47. The van der Waals surface area contributed by atoms with Crippen molar-refractivity contribution in [1.82, 2.24) is 0 Å². The molecule has 600 valence electrons. The van der Waals surface area contributed by atoms with E-state index in [0.29, 0.717) is 31.6 Å². The first-order valence-electron chi connectivity index (χ1n) is 42.2. The van der Waals surface area contributed by atoms with Gasteiger partial charge in [-0.1, -0.05) is 370 Å². The van der Waals surface area contributed by atoms with Crippen LogP contribution in [-0.2, 0) is 65.4 Å². The number of hydrogen-bond donors (Lipinski definition) is 3. The summed E-state index contributed by atoms with van der Waals surface area (Å²) in [6.07, 6.45) is 58.6. The molecule has 0 aromatic heterocycles. The molecule has 0 fully saturated rings. The highest BCUT2D eigenvalue weighted by atomic mass is 31.2. The number of esters is 4. The van der Waals surface area contributed by atoms with E-state index in [9.17, 15) is 43.2 Å². The fourth-order valence-corrected chi connectivity index (χ4v) is 14.2. The third-order valence-electron chi connectivity index (χ3n) is 19.4. The van der Waals surface area contributed by atoms with E-state index in [0.717, 1.165) is 114 Å². The summed E-state index contributed by atoms with van der Waals surface area (Å²) in [5.74, 6) is 0.977. The van der Waals surface area contributed by atoms with Gasteiger partial charge in [0.05, 0.1) is 26.4 Å². The molecular weight excluding hydrogens is 1320 g/mol. The topological polar surface area (TPSA) is 237 Å². The number of carbonyl (C=O) groups excluding carboxylic acids is 4. The van der Waals surface area contributed by atoms with E-state index < -0.39 is 97.5 Å². The van der Waals surface area contributed by atoms with E-state index in [-0.39, 0.29) is 25.7 Å². The molecule has 0 amide bonds. The van der Waals surface area contributed by atoms with Crippen LogP contribution >= 0.6 is 15.6 Å². The molecule has 0 saturated carbocycles. The molecule has 6 atom stereocenters. The van der Waals surface area contributed by atoms with Crippen LogP contribution in [0.3, 0.4) is 0 Å². The van der Waals surface area contributed by atoms with E-state index >= 15 is 0 Å². The van der Waals surface area contributed by atoms with Crippen molar-refractivity contribution in [1.29, 1.82) is 0 Å². The van der Waals surface area contributed by atoms with Crippen molar-refractivity contribution in [3.63, 3.8) is 0 Å². The lowest BCUT2D eigenvalue weighted by atomic mass is 9.99. The molecule has 0 spiro atoms. The van der Waals surface area contributed by atoms with Crippen LogP contribution in [0.5, 0.6) is 0 Å². The summed E-state index contributed by atoms with van der Waals surface area (Å²) in [4.78, 5) is 73.0. The summed E-state index contributed by atoms with van der Waals surface area (Å²) in [5, 5.41) is 10.6. The number of unbranched alkanes of at least 4 members (excludes halogenated alkanes) is 44. The summed E-state index contributed by atoms with van der Waals surface area (Å²) in [5.41, 5.74) is 0. The van der Waals surface area contributed by atoms with Crippen LogP contribution in [-0.4, -0.2) is 96.7 Å². The predicted octanol–water partition coefficient (Wildman–Crippen LogP) is 24.4. The van der Waals surface area contributed by atoms with Gasteiger partial charge in [0, 0.05) is 25.7 Å². The van der Waals surface area contributed by atoms with Crippen LogP contribution in [0.15, 0.2) is 0 Å². The lowest BCUT2D eigenvalue weighted by Crippen LogP contribution is -2.30. The normalized spacial score (nSPS) is 14.3. The Morgan fingerprint density at radius 1 is 0.277 bits per heavy atom. The second-order valence-corrected chi connectivity index (χ2v) is 34.1. The zero-order valence-electron chi connectivity index (χ0n) is 66.5. The zero-order chi connectivity index (χ0) is 74.6. The van der Waals surface area contributed by atoms with Crippen molar-refractivity contribution in [2.45, 2.75) is 440 Å². The highest BCUT2D eigenvalue weighted by Gasteiger charge is 2.30. The number of phosphoric acid groups is 2. The minimum atomic E-state index is -4.96. The van der Waals surface area contributed by atoms with Gasteiger partial charge in [0.2, 0.25) is 0 Å². The number of phosphoric ester groups is 2. The fourth-order valence-electron chi connectivity index (χ4n) is 12.6. The lowest BCUT2D eigenvalue weighted by molar-refractivity contribution is -0.161. The third-order valence-corrected chi connectivity index (χ3v) is 21.3. The molecule has 3 N–H and O–H groups in total. The molecule has 0 aliphatic carbocycles. The van der Waals surface area contributed by atoms with Crippen LogP contribution in [0.1, 0.15) is 421 Å². The molecule has 101 heavy (non-hydrogen) atoms. The van der Waals surface area contributed by atoms with Crippen LogP contribution in [0.4, 0.5) is 0 Å². The van der Waals surface area contributed by atoms with E-state index in [1.165, 1.54) is 218 Å². The number of carbonyl (C=O) groups is 4. The quantitative estimate of drug-likeness (QED) is 0.0222. The number of rotatable bonds is 79. The second kappa shape index (κ2) is 71.0. The van der Waals surface area contributed by atoms with Gasteiger partial charge in [-0.25, -0.2) is 9.13 Å². The molecule has 0 aliphatic heterocycles. The van der Waals surface area contributed by atoms with Crippen molar-refractivity contribution < 1.29 is 80.2 Å². The summed E-state index contributed by atoms with van der Waals surface area (Å²) < 4.78 is 68.7. The maximum Gasteiger partial charge on any atom is 0.472 e. The molecule has 0 saturated heterocycles. The smallest absolute Gasteiger partial charge is 0.462 e. The maximum absolute atomic E-state index is 13.1. The van der Waals surface area contributed by atoms with E-state index in [1.807, 2.05) is 0 Å². The Morgan fingerprint density at radius 2 is 0.475 bits per heavy atom. The van der Waals surface area contributed by atoms with Gasteiger partial charge >= 0.3 is 39.5 Å². The molecule has 0 bridgehead atoms. The Kier molecular flexibility index (Phi) is 69.6. The lowest BCUT2D eigenvalue weighted by Gasteiger charge is -2.21. The summed E-state index contributed by atoms with van der Waals surface area (Å²) in [6.45, 7) is 14.2. The average molecular weight is 1480 g/mol. The molecule has 3 unspecified atom stereocenters. The van der Waals surface area contributed by atoms with Gasteiger partial charge in [0.25, 0.3) is 0 Å². The van der Waals surface area contributed by atoms with Gasteiger partial charge in [-0.3, -0.25) is 37.3 Å². The van der Waals surface area contributed by atoms with E-state index in [2.05, 4.69) is 55.4 Å². The predicted molar refractivity (Wildman–Crippen MR) is 414 cm³/mol. The monoisotopic (exact) mass is 1480 g/mol. The molecule has 17 nitrogen and oxygen atoms in total. The Bertz CT molecular complexity index is 1970. The van der Waals surface area contributed by atoms with Crippen molar-refractivity contribution in [3.8, 4) is 0 Å². The van der Waals surface area contributed by atoms with E-state index in [4.69, 9.17) is 37.0 Å². The molecule has 0 aliphatic rings. The van der Waals surface area contributed by atoms with Gasteiger partial charge < -0.3 is 33.8 Å². The Morgan fingerprint density at radius 3 is 0.703 bits per heavy atom. The molecule has 0 radical (unpaired) electrons. The van der Waals surface area contributed by atoms with Crippen LogP contribution in [0.25, 0.3) is 0 Å². The maximum atomic E-state index is 13.1. The first kappa shape index (κ1) is 99.1. The molecule has 0 aromatic carbocycles. The Balaban J connectivity index is 5.20. The van der Waals surface area contributed by atoms with Crippen LogP contribution in [0, 0.1) is 23.7 Å². The van der Waals surface area contributed by atoms with Gasteiger partial charge in [0.15, 0.2) is 12.2 Å². The van der Waals surface area contributed by atoms with Crippen molar-refractivity contribution >= 4 is 39.5 Å². The summed E-state index contributed by atoms with van der Waals surface area (Å²) >= 11 is 0. The molecule has 0 rings (SSSR count). The minimum Gasteiger partial charge on any atom is -0.462 e. The minimum absolute atomic E-state index is 0.104. The Labute approximate surface area is 619 Å². The third kappa shape index (κ3) is 74.7.